The number of nitrogens with two attached hydrogens (primary N) is 2. The van der Waals surface area contributed by atoms with Crippen molar-refractivity contribution in [2.45, 2.75) is 13.1 Å². The first-order valence-electron chi connectivity index (χ1n) is 7.81. The molecule has 134 valence electrons. The summed E-state index contributed by atoms with van der Waals surface area (Å²) in [6.07, 6.45) is 6.35. The number of hydrogen-bond acceptors (Lipinski definition) is 8. The van der Waals surface area contributed by atoms with Crippen molar-refractivity contribution >= 4 is 32.6 Å². The van der Waals surface area contributed by atoms with E-state index >= 15 is 0 Å². The lowest BCUT2D eigenvalue weighted by Gasteiger charge is -2.10. The monoisotopic (exact) mass is 371 g/mol. The molecule has 0 aliphatic heterocycles. The molecule has 4 heterocycles. The van der Waals surface area contributed by atoms with Crippen LogP contribution in [0.2, 0.25) is 0 Å². The fourth-order valence-electron chi connectivity index (χ4n) is 2.86. The molecule has 0 amide bonds. The van der Waals surface area contributed by atoms with Gasteiger partial charge in [-0.15, -0.1) is 11.3 Å². The van der Waals surface area contributed by atoms with Crippen molar-refractivity contribution in [3.05, 3.63) is 51.9 Å². The first-order chi connectivity index (χ1) is 12.6. The minimum absolute atomic E-state index is 0.175. The van der Waals surface area contributed by atoms with Gasteiger partial charge in [-0.05, 0) is 6.07 Å². The summed E-state index contributed by atoms with van der Waals surface area (Å²) in [5.41, 5.74) is 7.22. The molecule has 26 heavy (non-hydrogen) atoms. The van der Waals surface area contributed by atoms with Gasteiger partial charge in [0.25, 0.3) is 5.56 Å². The third-order valence-electron chi connectivity index (χ3n) is 4.04. The van der Waals surface area contributed by atoms with Crippen LogP contribution < -0.4 is 17.1 Å². The van der Waals surface area contributed by atoms with Crippen LogP contribution in [0.1, 0.15) is 10.7 Å². The molecule has 0 saturated carbocycles. The van der Waals surface area contributed by atoms with Crippen LogP contribution in [0.25, 0.3) is 21.3 Å². The van der Waals surface area contributed by atoms with Crippen molar-refractivity contribution in [2.24, 2.45) is 18.6 Å². The number of aryl methyl sites for hydroxylation is 1. The first kappa shape index (κ1) is 16.3. The quantitative estimate of drug-likeness (QED) is 0.337. The van der Waals surface area contributed by atoms with Crippen LogP contribution in [0.5, 0.6) is 0 Å². The van der Waals surface area contributed by atoms with E-state index < -0.39 is 0 Å². The fraction of sp³-hybridized carbons (Fsp3) is 0.200. The second-order valence-corrected chi connectivity index (χ2v) is 6.85. The van der Waals surface area contributed by atoms with Gasteiger partial charge in [0.05, 0.1) is 29.7 Å². The maximum atomic E-state index is 12.9. The second-order valence-electron chi connectivity index (χ2n) is 5.77. The molecule has 0 aromatic carbocycles. The van der Waals surface area contributed by atoms with Crippen molar-refractivity contribution in [2.75, 3.05) is 0 Å². The summed E-state index contributed by atoms with van der Waals surface area (Å²) in [5.74, 6) is 5.82. The number of aromatic amines is 1. The molecule has 0 fully saturated rings. The number of thiazole rings is 1. The van der Waals surface area contributed by atoms with Gasteiger partial charge in [-0.1, -0.05) is 0 Å². The van der Waals surface area contributed by atoms with E-state index in [1.165, 1.54) is 27.2 Å². The highest BCUT2D eigenvalue weighted by molar-refractivity contribution is 7.19. The van der Waals surface area contributed by atoms with Crippen LogP contribution in [-0.2, 0) is 20.1 Å². The van der Waals surface area contributed by atoms with Gasteiger partial charge >= 0.3 is 0 Å². The zero-order valence-electron chi connectivity index (χ0n) is 14.0. The largest absolute Gasteiger partial charge is 0.403 e. The molecule has 10 nitrogen and oxygen atoms in total. The molecule has 0 unspecified atom stereocenters. The van der Waals surface area contributed by atoms with E-state index in [1.54, 1.807) is 23.2 Å². The number of nitrogens with zero attached hydrogens (tertiary/aromatic N) is 6. The third-order valence-corrected chi connectivity index (χ3v) is 5.10. The molecule has 5 N–H and O–H groups in total. The third kappa shape index (κ3) is 2.62. The summed E-state index contributed by atoms with van der Waals surface area (Å²) in [6.45, 7) is 0.738. The van der Waals surface area contributed by atoms with E-state index in [4.69, 9.17) is 11.6 Å². The Kier molecular flexibility index (Phi) is 3.93. The van der Waals surface area contributed by atoms with Crippen LogP contribution >= 0.6 is 11.3 Å². The highest BCUT2D eigenvalue weighted by Crippen LogP contribution is 2.31. The summed E-state index contributed by atoms with van der Waals surface area (Å²) in [7, 11) is 1.83. The Morgan fingerprint density at radius 2 is 2.31 bits per heavy atom. The number of H-pyrrole nitrogens is 1. The zero-order valence-corrected chi connectivity index (χ0v) is 14.8. The van der Waals surface area contributed by atoms with Gasteiger partial charge in [0.1, 0.15) is 10.5 Å². The summed E-state index contributed by atoms with van der Waals surface area (Å²) < 4.78 is 4.12. The smallest absolute Gasteiger partial charge is 0.291 e. The van der Waals surface area contributed by atoms with E-state index in [9.17, 15) is 4.79 Å². The van der Waals surface area contributed by atoms with Gasteiger partial charge in [-0.2, -0.15) is 10.2 Å². The Morgan fingerprint density at radius 3 is 3.04 bits per heavy atom. The van der Waals surface area contributed by atoms with E-state index in [0.717, 1.165) is 26.4 Å². The fourth-order valence-corrected chi connectivity index (χ4v) is 3.98. The maximum absolute atomic E-state index is 12.9. The lowest BCUT2D eigenvalue weighted by molar-refractivity contribution is 0.385. The van der Waals surface area contributed by atoms with Crippen molar-refractivity contribution in [3.63, 3.8) is 0 Å². The lowest BCUT2D eigenvalue weighted by Crippen LogP contribution is -2.25. The first-order valence-corrected chi connectivity index (χ1v) is 8.62. The van der Waals surface area contributed by atoms with E-state index in [-0.39, 0.29) is 5.56 Å². The minimum atomic E-state index is -0.175. The minimum Gasteiger partial charge on any atom is -0.403 e. The second kappa shape index (κ2) is 6.28. The molecule has 0 radical (unpaired) electrons. The number of hydrogen-bond donors (Lipinski definition) is 3. The number of nitrogens with one attached hydrogen (secondary N) is 1. The van der Waals surface area contributed by atoms with E-state index in [1.807, 2.05) is 13.1 Å². The predicted octanol–water partition coefficient (Wildman–Crippen LogP) is 0.222. The standard InChI is InChI=1S/C15H17N9OS/c1-22-12-10(6-19-24(15(12)25)7-9-2-4-18-21-9)13-14(22)20-11(26-13)8-23(17)5-3-16/h2-6H,7-8,16-17H2,1H3,(H,18,21)/b5-3-. The molecule has 0 aliphatic rings. The number of aromatic nitrogens is 6. The topological polar surface area (TPSA) is 137 Å². The lowest BCUT2D eigenvalue weighted by atomic mass is 10.3. The summed E-state index contributed by atoms with van der Waals surface area (Å²) >= 11 is 1.49. The highest BCUT2D eigenvalue weighted by Gasteiger charge is 2.18. The summed E-state index contributed by atoms with van der Waals surface area (Å²) in [5, 5.41) is 14.2. The molecular formula is C15H17N9OS. The van der Waals surface area contributed by atoms with Crippen molar-refractivity contribution in [3.8, 4) is 0 Å². The van der Waals surface area contributed by atoms with Gasteiger partial charge in [-0.3, -0.25) is 9.89 Å². The Hall–Kier alpha value is -3.18. The molecule has 0 spiro atoms. The van der Waals surface area contributed by atoms with Crippen LogP contribution in [0.15, 0.2) is 35.7 Å². The molecule has 0 atom stereocenters. The van der Waals surface area contributed by atoms with Gasteiger partial charge in [0, 0.05) is 31.0 Å². The van der Waals surface area contributed by atoms with Crippen LogP contribution in [0, 0.1) is 0 Å². The van der Waals surface area contributed by atoms with Crippen molar-refractivity contribution in [1.29, 1.82) is 0 Å². The Balaban J connectivity index is 1.79. The maximum Gasteiger partial charge on any atom is 0.291 e. The molecule has 11 heteroatoms. The average molecular weight is 371 g/mol. The molecule has 4 aromatic heterocycles. The molecular weight excluding hydrogens is 354 g/mol. The highest BCUT2D eigenvalue weighted by atomic mass is 32.1. The van der Waals surface area contributed by atoms with Crippen LogP contribution in [-0.4, -0.2) is 34.5 Å². The molecule has 4 rings (SSSR count). The van der Waals surface area contributed by atoms with E-state index in [2.05, 4.69) is 20.3 Å². The van der Waals surface area contributed by atoms with Crippen molar-refractivity contribution in [1.82, 2.24) is 34.5 Å². The van der Waals surface area contributed by atoms with Gasteiger partial charge in [0.15, 0.2) is 5.65 Å². The van der Waals surface area contributed by atoms with Crippen LogP contribution in [0.4, 0.5) is 0 Å². The molecule has 0 aliphatic carbocycles. The molecule has 4 aromatic rings. The molecule has 0 saturated heterocycles. The predicted molar refractivity (Wildman–Crippen MR) is 98.9 cm³/mol. The number of fused-ring (bicyclic) bond motifs is 3. The normalized spacial score (nSPS) is 11.9. The van der Waals surface area contributed by atoms with Gasteiger partial charge < -0.3 is 15.3 Å². The van der Waals surface area contributed by atoms with Gasteiger partial charge in [-0.25, -0.2) is 15.5 Å². The number of rotatable bonds is 5. The SMILES string of the molecule is Cn1c2nc(CN(N)/C=C\N)sc2c2cnn(Cc3cc[nH]n3)c(=O)c21. The zero-order chi connectivity index (χ0) is 18.3. The average Bonchev–Trinajstić information content (AvgIpc) is 3.30. The number of hydrazine groups is 1. The van der Waals surface area contributed by atoms with E-state index in [0.29, 0.717) is 18.6 Å². The van der Waals surface area contributed by atoms with Crippen LogP contribution in [0.3, 0.4) is 0 Å². The molecule has 0 bridgehead atoms. The Labute approximate surface area is 151 Å². The summed E-state index contributed by atoms with van der Waals surface area (Å²) in [6, 6.07) is 1.81. The Morgan fingerprint density at radius 1 is 1.46 bits per heavy atom. The van der Waals surface area contributed by atoms with Gasteiger partial charge in [0.2, 0.25) is 0 Å². The van der Waals surface area contributed by atoms with Crippen molar-refractivity contribution < 1.29 is 0 Å². The summed E-state index contributed by atoms with van der Waals surface area (Å²) in [4.78, 5) is 17.5. The Bertz CT molecular complexity index is 1150.